The number of rotatable bonds is 11. The zero-order chi connectivity index (χ0) is 12.6. The third kappa shape index (κ3) is 21.7. The number of hydrogen-bond acceptors (Lipinski definition) is 2. The highest BCUT2D eigenvalue weighted by Crippen LogP contribution is 2.10. The van der Waals surface area contributed by atoms with Gasteiger partial charge >= 0.3 is 0 Å². The topological polar surface area (TPSA) is 32.8 Å². The van der Waals surface area contributed by atoms with E-state index in [1.807, 2.05) is 0 Å². The molecule has 0 radical (unpaired) electrons. The Labute approximate surface area is 108 Å². The van der Waals surface area contributed by atoms with E-state index < -0.39 is 0 Å². The second kappa shape index (κ2) is 15.9. The van der Waals surface area contributed by atoms with Crippen molar-refractivity contribution in [2.45, 2.75) is 77.6 Å². The van der Waals surface area contributed by atoms with Gasteiger partial charge in [-0.05, 0) is 6.42 Å². The van der Waals surface area contributed by atoms with Gasteiger partial charge in [0.1, 0.15) is 0 Å². The Kier molecular flexibility index (Phi) is 15.8. The van der Waals surface area contributed by atoms with E-state index >= 15 is 0 Å². The minimum Gasteiger partial charge on any atom is -0.396 e. The van der Waals surface area contributed by atoms with Gasteiger partial charge in [-0.15, -0.1) is 0 Å². The maximum atomic E-state index is 8.59. The van der Waals surface area contributed by atoms with Crippen LogP contribution in [0.5, 0.6) is 0 Å². The fraction of sp³-hybridized carbons (Fsp3) is 1.00. The van der Waals surface area contributed by atoms with Gasteiger partial charge in [-0.1, -0.05) is 71.1 Å². The normalized spacial score (nSPS) is 13.1. The smallest absolute Gasteiger partial charge is 0.0701 e. The maximum Gasteiger partial charge on any atom is 0.0701 e. The monoisotopic (exact) mass is 244 g/mol. The summed E-state index contributed by atoms with van der Waals surface area (Å²) in [6.07, 6.45) is 14.8. The average Bonchev–Trinajstić information content (AvgIpc) is 3.19. The standard InChI is InChI=1S/C13H28O.C2H4O/c1-2-3-4-5-6-7-8-9-10-11-12-13-14;1-2-3-1/h14H,2-13H2,1H3;1-2H2. The highest BCUT2D eigenvalue weighted by molar-refractivity contribution is 4.47. The zero-order valence-electron chi connectivity index (χ0n) is 11.8. The summed E-state index contributed by atoms with van der Waals surface area (Å²) in [5, 5.41) is 8.59. The Morgan fingerprint density at radius 2 is 1.06 bits per heavy atom. The summed E-state index contributed by atoms with van der Waals surface area (Å²) in [7, 11) is 0. The van der Waals surface area contributed by atoms with Crippen LogP contribution in [0.2, 0.25) is 0 Å². The van der Waals surface area contributed by atoms with Crippen LogP contribution in [-0.2, 0) is 4.74 Å². The van der Waals surface area contributed by atoms with Crippen LogP contribution < -0.4 is 0 Å². The van der Waals surface area contributed by atoms with Gasteiger partial charge in [0, 0.05) is 6.61 Å². The molecule has 1 fully saturated rings. The highest BCUT2D eigenvalue weighted by Gasteiger charge is 1.94. The molecule has 0 bridgehead atoms. The molecule has 2 heteroatoms. The van der Waals surface area contributed by atoms with Gasteiger partial charge in [-0.3, -0.25) is 0 Å². The lowest BCUT2D eigenvalue weighted by molar-refractivity contribution is 0.282. The van der Waals surface area contributed by atoms with E-state index in [1.54, 1.807) is 0 Å². The summed E-state index contributed by atoms with van der Waals surface area (Å²) in [6.45, 7) is 4.64. The molecular weight excluding hydrogens is 212 g/mol. The summed E-state index contributed by atoms with van der Waals surface area (Å²) >= 11 is 0. The predicted octanol–water partition coefficient (Wildman–Crippen LogP) is 4.31. The molecular formula is C15H32O2. The van der Waals surface area contributed by atoms with Crippen molar-refractivity contribution in [3.05, 3.63) is 0 Å². The first-order valence-corrected chi connectivity index (χ1v) is 7.60. The summed E-state index contributed by atoms with van der Waals surface area (Å²) in [6, 6.07) is 0. The van der Waals surface area contributed by atoms with E-state index in [4.69, 9.17) is 5.11 Å². The Balaban J connectivity index is 0.000000728. The first kappa shape index (κ1) is 16.9. The van der Waals surface area contributed by atoms with Crippen LogP contribution in [0.3, 0.4) is 0 Å². The summed E-state index contributed by atoms with van der Waals surface area (Å²) in [5.41, 5.74) is 0. The van der Waals surface area contributed by atoms with Crippen LogP contribution in [0.25, 0.3) is 0 Å². The fourth-order valence-electron chi connectivity index (χ4n) is 1.78. The number of hydrogen-bond donors (Lipinski definition) is 1. The molecule has 1 aliphatic heterocycles. The molecule has 1 aliphatic rings. The van der Waals surface area contributed by atoms with Crippen LogP contribution >= 0.6 is 0 Å². The maximum absolute atomic E-state index is 8.59. The molecule has 0 unspecified atom stereocenters. The van der Waals surface area contributed by atoms with Crippen molar-refractivity contribution in [2.75, 3.05) is 19.8 Å². The molecule has 0 spiro atoms. The largest absolute Gasteiger partial charge is 0.396 e. The molecule has 104 valence electrons. The Bertz CT molecular complexity index is 109. The number of ether oxygens (including phenoxy) is 1. The second-order valence-electron chi connectivity index (χ2n) is 4.87. The first-order valence-electron chi connectivity index (χ1n) is 7.60. The van der Waals surface area contributed by atoms with E-state index in [9.17, 15) is 0 Å². The molecule has 0 amide bonds. The molecule has 17 heavy (non-hydrogen) atoms. The van der Waals surface area contributed by atoms with Crippen molar-refractivity contribution >= 4 is 0 Å². The predicted molar refractivity (Wildman–Crippen MR) is 74.4 cm³/mol. The van der Waals surface area contributed by atoms with Gasteiger partial charge in [0.25, 0.3) is 0 Å². The third-order valence-electron chi connectivity index (χ3n) is 2.97. The quantitative estimate of drug-likeness (QED) is 0.434. The molecule has 1 saturated heterocycles. The van der Waals surface area contributed by atoms with Crippen molar-refractivity contribution in [2.24, 2.45) is 0 Å². The van der Waals surface area contributed by atoms with Gasteiger partial charge in [-0.25, -0.2) is 0 Å². The first-order chi connectivity index (χ1) is 8.41. The fourth-order valence-corrected chi connectivity index (χ4v) is 1.78. The van der Waals surface area contributed by atoms with Gasteiger partial charge in [0.2, 0.25) is 0 Å². The summed E-state index contributed by atoms with van der Waals surface area (Å²) in [5.74, 6) is 0. The van der Waals surface area contributed by atoms with E-state index in [-0.39, 0.29) is 0 Å². The molecule has 1 rings (SSSR count). The summed E-state index contributed by atoms with van der Waals surface area (Å²) < 4.78 is 4.50. The van der Waals surface area contributed by atoms with E-state index in [1.165, 1.54) is 64.2 Å². The molecule has 1 heterocycles. The van der Waals surface area contributed by atoms with Gasteiger partial charge < -0.3 is 9.84 Å². The van der Waals surface area contributed by atoms with Crippen LogP contribution in [0.1, 0.15) is 77.6 Å². The Morgan fingerprint density at radius 3 is 1.35 bits per heavy atom. The lowest BCUT2D eigenvalue weighted by Gasteiger charge is -2.01. The molecule has 0 saturated carbocycles. The number of aliphatic hydroxyl groups is 1. The van der Waals surface area contributed by atoms with Crippen molar-refractivity contribution in [3.8, 4) is 0 Å². The molecule has 0 atom stereocenters. The Morgan fingerprint density at radius 1 is 0.706 bits per heavy atom. The molecule has 0 aromatic heterocycles. The average molecular weight is 244 g/mol. The van der Waals surface area contributed by atoms with Crippen LogP contribution in [0.4, 0.5) is 0 Å². The van der Waals surface area contributed by atoms with Crippen LogP contribution in [0, 0.1) is 0 Å². The minimum absolute atomic E-state index is 0.372. The second-order valence-corrected chi connectivity index (χ2v) is 4.87. The lowest BCUT2D eigenvalue weighted by Crippen LogP contribution is -1.84. The lowest BCUT2D eigenvalue weighted by atomic mass is 10.1. The minimum atomic E-state index is 0.372. The molecule has 0 aliphatic carbocycles. The number of epoxide rings is 1. The van der Waals surface area contributed by atoms with Crippen molar-refractivity contribution in [1.82, 2.24) is 0 Å². The number of unbranched alkanes of at least 4 members (excludes halogenated alkanes) is 10. The van der Waals surface area contributed by atoms with Crippen LogP contribution in [0.15, 0.2) is 0 Å². The zero-order valence-corrected chi connectivity index (χ0v) is 11.8. The van der Waals surface area contributed by atoms with E-state index in [2.05, 4.69) is 11.7 Å². The SMILES string of the molecule is C1CO1.CCCCCCCCCCCCCO. The molecule has 0 aromatic carbocycles. The van der Waals surface area contributed by atoms with E-state index in [0.717, 1.165) is 19.6 Å². The molecule has 2 nitrogen and oxygen atoms in total. The molecule has 1 N–H and O–H groups in total. The molecule has 0 aromatic rings. The summed E-state index contributed by atoms with van der Waals surface area (Å²) in [4.78, 5) is 0. The number of aliphatic hydroxyl groups excluding tert-OH is 1. The third-order valence-corrected chi connectivity index (χ3v) is 2.97. The van der Waals surface area contributed by atoms with Gasteiger partial charge in [0.15, 0.2) is 0 Å². The Hall–Kier alpha value is -0.0800. The highest BCUT2D eigenvalue weighted by atomic mass is 16.6. The van der Waals surface area contributed by atoms with Crippen molar-refractivity contribution in [3.63, 3.8) is 0 Å². The van der Waals surface area contributed by atoms with Gasteiger partial charge in [-0.2, -0.15) is 0 Å². The van der Waals surface area contributed by atoms with Crippen LogP contribution in [-0.4, -0.2) is 24.9 Å². The van der Waals surface area contributed by atoms with E-state index in [0.29, 0.717) is 6.61 Å². The van der Waals surface area contributed by atoms with Crippen molar-refractivity contribution in [1.29, 1.82) is 0 Å². The van der Waals surface area contributed by atoms with Gasteiger partial charge in [0.05, 0.1) is 13.2 Å². The van der Waals surface area contributed by atoms with Crippen molar-refractivity contribution < 1.29 is 9.84 Å².